The zero-order valence-corrected chi connectivity index (χ0v) is 44.7. The summed E-state index contributed by atoms with van der Waals surface area (Å²) in [4.78, 5) is 12.6. The second-order valence-electron chi connectivity index (χ2n) is 20.3. The molecule has 0 bridgehead atoms. The van der Waals surface area contributed by atoms with E-state index in [2.05, 4.69) is 67.8 Å². The first-order chi connectivity index (χ1) is 33.0. The van der Waals surface area contributed by atoms with E-state index in [1.807, 2.05) is 0 Å². The van der Waals surface area contributed by atoms with E-state index in [1.165, 1.54) is 218 Å². The molecule has 0 fully saturated rings. The number of aliphatic hydroxyl groups is 4. The maximum Gasteiger partial charge on any atom is 0.249 e. The summed E-state index contributed by atoms with van der Waals surface area (Å²) in [6.45, 7) is 4.07. The first kappa shape index (κ1) is 65.3. The molecule has 0 aromatic rings. The lowest BCUT2D eigenvalue weighted by molar-refractivity contribution is -0.132. The van der Waals surface area contributed by atoms with Gasteiger partial charge in [-0.3, -0.25) is 4.79 Å². The molecule has 0 aliphatic rings. The Bertz CT molecular complexity index is 1100. The summed E-state index contributed by atoms with van der Waals surface area (Å²) >= 11 is 0. The number of unbranched alkanes of at least 4 members (excludes halogenated alkanes) is 37. The molecule has 0 rings (SSSR count). The van der Waals surface area contributed by atoms with Crippen LogP contribution < -0.4 is 5.32 Å². The van der Waals surface area contributed by atoms with Crippen LogP contribution in [0.1, 0.15) is 303 Å². The van der Waals surface area contributed by atoms with Gasteiger partial charge in [-0.05, 0) is 83.5 Å². The van der Waals surface area contributed by atoms with Crippen molar-refractivity contribution < 1.29 is 25.2 Å². The largest absolute Gasteiger partial charge is 0.394 e. The standard InChI is InChI=1S/C61H115NO5/c1-3-5-7-9-11-13-15-17-19-21-23-25-27-29-30-31-33-34-36-38-40-42-44-46-48-50-52-54-58(64)60(66)57(56-63)62-61(67)59(65)55-53-51-49-47-45-43-41-39-37-35-32-28-26-24-22-20-18-16-14-12-10-8-6-4-2/h24,26,32,35,38,40,46,48,57-60,63-66H,3-23,25,27-31,33-34,36-37,39,41-45,47,49-56H2,1-2H3,(H,62,67)/b26-24-,35-32-,40-38+,48-46+. The number of carbonyl (C=O) groups excluding carboxylic acids is 1. The van der Waals surface area contributed by atoms with Crippen molar-refractivity contribution >= 4 is 5.91 Å². The van der Waals surface area contributed by atoms with Gasteiger partial charge in [-0.25, -0.2) is 0 Å². The number of rotatable bonds is 54. The fraction of sp³-hybridized carbons (Fsp3) is 0.852. The van der Waals surface area contributed by atoms with Gasteiger partial charge in [0.2, 0.25) is 5.91 Å². The number of allylic oxidation sites excluding steroid dienone is 8. The van der Waals surface area contributed by atoms with Gasteiger partial charge in [-0.2, -0.15) is 0 Å². The van der Waals surface area contributed by atoms with Crippen molar-refractivity contribution in [1.82, 2.24) is 5.32 Å². The van der Waals surface area contributed by atoms with E-state index in [1.54, 1.807) is 0 Å². The third-order valence-corrected chi connectivity index (χ3v) is 13.7. The Kier molecular flexibility index (Phi) is 53.8. The second-order valence-corrected chi connectivity index (χ2v) is 20.3. The van der Waals surface area contributed by atoms with Crippen molar-refractivity contribution in [1.29, 1.82) is 0 Å². The zero-order valence-electron chi connectivity index (χ0n) is 44.7. The van der Waals surface area contributed by atoms with Crippen LogP contribution in [0.4, 0.5) is 0 Å². The average Bonchev–Trinajstić information content (AvgIpc) is 3.33. The molecule has 0 aliphatic carbocycles. The number of amides is 1. The molecule has 6 heteroatoms. The van der Waals surface area contributed by atoms with Crippen LogP contribution in [0, 0.1) is 0 Å². The van der Waals surface area contributed by atoms with Crippen LogP contribution in [0.3, 0.4) is 0 Å². The van der Waals surface area contributed by atoms with E-state index in [9.17, 15) is 25.2 Å². The van der Waals surface area contributed by atoms with Crippen LogP contribution in [0.15, 0.2) is 48.6 Å². The van der Waals surface area contributed by atoms with E-state index in [0.717, 1.165) is 51.4 Å². The quantitative estimate of drug-likeness (QED) is 0.0308. The monoisotopic (exact) mass is 942 g/mol. The van der Waals surface area contributed by atoms with Crippen LogP contribution in [0.25, 0.3) is 0 Å². The highest BCUT2D eigenvalue weighted by Crippen LogP contribution is 2.17. The van der Waals surface area contributed by atoms with Gasteiger partial charge in [0.1, 0.15) is 12.2 Å². The molecule has 394 valence electrons. The van der Waals surface area contributed by atoms with Crippen LogP contribution in [-0.2, 0) is 4.79 Å². The minimum absolute atomic E-state index is 0.352. The first-order valence-electron chi connectivity index (χ1n) is 29.5. The molecule has 67 heavy (non-hydrogen) atoms. The topological polar surface area (TPSA) is 110 Å². The number of aliphatic hydroxyl groups excluding tert-OH is 4. The molecule has 4 atom stereocenters. The van der Waals surface area contributed by atoms with Gasteiger partial charge in [0, 0.05) is 0 Å². The molecule has 0 saturated carbocycles. The molecule has 0 spiro atoms. The zero-order chi connectivity index (χ0) is 48.8. The molecule has 0 aliphatic heterocycles. The van der Waals surface area contributed by atoms with Crippen molar-refractivity contribution in [3.05, 3.63) is 48.6 Å². The fourth-order valence-corrected chi connectivity index (χ4v) is 9.10. The molecule has 0 heterocycles. The summed E-state index contributed by atoms with van der Waals surface area (Å²) in [5.74, 6) is -0.600. The summed E-state index contributed by atoms with van der Waals surface area (Å²) in [5, 5.41) is 44.0. The molecule has 0 aromatic carbocycles. The first-order valence-corrected chi connectivity index (χ1v) is 29.5. The third-order valence-electron chi connectivity index (χ3n) is 13.7. The highest BCUT2D eigenvalue weighted by Gasteiger charge is 2.28. The van der Waals surface area contributed by atoms with Crippen molar-refractivity contribution in [2.24, 2.45) is 0 Å². The SMILES string of the molecule is CCCCCCCCCCC/C=C\C/C=C\CCCCCCCCCCC(O)C(=O)NC(CO)C(O)C(O)CCC/C=C/CC/C=C/CCCCCCCCCCCCCCCCCCCC. The molecule has 5 N–H and O–H groups in total. The van der Waals surface area contributed by atoms with Gasteiger partial charge in [-0.15, -0.1) is 0 Å². The summed E-state index contributed by atoms with van der Waals surface area (Å²) in [7, 11) is 0. The molecule has 4 unspecified atom stereocenters. The van der Waals surface area contributed by atoms with Gasteiger partial charge in [0.15, 0.2) is 0 Å². The number of carbonyl (C=O) groups is 1. The fourth-order valence-electron chi connectivity index (χ4n) is 9.10. The highest BCUT2D eigenvalue weighted by atomic mass is 16.3. The maximum atomic E-state index is 12.6. The lowest BCUT2D eigenvalue weighted by Crippen LogP contribution is -2.53. The molecule has 0 aromatic heterocycles. The summed E-state index contributed by atoms with van der Waals surface area (Å²) in [6, 6.07) is -1.01. The number of nitrogens with one attached hydrogen (secondary N) is 1. The van der Waals surface area contributed by atoms with Gasteiger partial charge in [0.25, 0.3) is 0 Å². The summed E-state index contributed by atoms with van der Waals surface area (Å²) in [5.41, 5.74) is 0. The predicted octanol–water partition coefficient (Wildman–Crippen LogP) is 17.4. The Labute approximate surface area is 417 Å². The minimum atomic E-state index is -1.29. The van der Waals surface area contributed by atoms with E-state index < -0.39 is 36.9 Å². The lowest BCUT2D eigenvalue weighted by Gasteiger charge is -2.27. The van der Waals surface area contributed by atoms with Gasteiger partial charge in [-0.1, -0.05) is 268 Å². The maximum absolute atomic E-state index is 12.6. The van der Waals surface area contributed by atoms with Gasteiger partial charge in [0.05, 0.1) is 18.8 Å². The molecule has 0 radical (unpaired) electrons. The van der Waals surface area contributed by atoms with E-state index in [-0.39, 0.29) is 0 Å². The molecule has 1 amide bonds. The Morgan fingerprint density at radius 3 is 1.03 bits per heavy atom. The predicted molar refractivity (Wildman–Crippen MR) is 293 cm³/mol. The van der Waals surface area contributed by atoms with Crippen molar-refractivity contribution in [3.63, 3.8) is 0 Å². The van der Waals surface area contributed by atoms with Crippen molar-refractivity contribution in [2.45, 2.75) is 327 Å². The van der Waals surface area contributed by atoms with E-state index in [4.69, 9.17) is 0 Å². The smallest absolute Gasteiger partial charge is 0.249 e. The van der Waals surface area contributed by atoms with Crippen LogP contribution in [0.5, 0.6) is 0 Å². The highest BCUT2D eigenvalue weighted by molar-refractivity contribution is 5.80. The van der Waals surface area contributed by atoms with Crippen molar-refractivity contribution in [2.75, 3.05) is 6.61 Å². The third kappa shape index (κ3) is 49.1. The van der Waals surface area contributed by atoms with Gasteiger partial charge < -0.3 is 25.7 Å². The Hall–Kier alpha value is -1.73. The summed E-state index contributed by atoms with van der Waals surface area (Å²) < 4.78 is 0. The number of hydrogen-bond acceptors (Lipinski definition) is 5. The Balaban J connectivity index is 3.70. The number of hydrogen-bond donors (Lipinski definition) is 5. The van der Waals surface area contributed by atoms with Crippen molar-refractivity contribution in [3.8, 4) is 0 Å². The molecule has 0 saturated heterocycles. The lowest BCUT2D eigenvalue weighted by atomic mass is 10.00. The molecular weight excluding hydrogens is 827 g/mol. The summed E-state index contributed by atoms with van der Waals surface area (Å²) in [6.07, 6.45) is 70.5. The van der Waals surface area contributed by atoms with Crippen LogP contribution >= 0.6 is 0 Å². The second kappa shape index (κ2) is 55.2. The average molecular weight is 943 g/mol. The van der Waals surface area contributed by atoms with Crippen LogP contribution in [-0.4, -0.2) is 57.3 Å². The normalized spacial score (nSPS) is 14.1. The Morgan fingerprint density at radius 1 is 0.373 bits per heavy atom. The van der Waals surface area contributed by atoms with Crippen LogP contribution in [0.2, 0.25) is 0 Å². The van der Waals surface area contributed by atoms with E-state index >= 15 is 0 Å². The minimum Gasteiger partial charge on any atom is -0.394 e. The molecule has 6 nitrogen and oxygen atoms in total. The Morgan fingerprint density at radius 2 is 0.672 bits per heavy atom. The molecular formula is C61H115NO5. The van der Waals surface area contributed by atoms with Gasteiger partial charge >= 0.3 is 0 Å². The van der Waals surface area contributed by atoms with E-state index in [0.29, 0.717) is 19.3 Å².